The van der Waals surface area contributed by atoms with Gasteiger partial charge in [0.05, 0.1) is 13.0 Å². The number of hydrogen-bond acceptors (Lipinski definition) is 2. The predicted molar refractivity (Wildman–Crippen MR) is 90.6 cm³/mol. The van der Waals surface area contributed by atoms with Gasteiger partial charge in [0, 0.05) is 5.92 Å². The van der Waals surface area contributed by atoms with Gasteiger partial charge in [0.2, 0.25) is 0 Å². The molecule has 0 radical (unpaired) electrons. The molecule has 0 heterocycles. The lowest BCUT2D eigenvalue weighted by Crippen LogP contribution is -2.32. The van der Waals surface area contributed by atoms with Crippen LogP contribution >= 0.6 is 0 Å². The molecule has 118 valence electrons. The molecule has 1 aromatic rings. The number of ether oxygens (including phenoxy) is 1. The second-order valence-corrected chi connectivity index (χ2v) is 6.37. The summed E-state index contributed by atoms with van der Waals surface area (Å²) in [6, 6.07) is 10.4. The topological polar surface area (TPSA) is 26.3 Å². The molecule has 0 aromatic heterocycles. The molecule has 2 rings (SSSR count). The molecule has 0 unspecified atom stereocenters. The summed E-state index contributed by atoms with van der Waals surface area (Å²) < 4.78 is 5.07. The quantitative estimate of drug-likeness (QED) is 0.585. The molecule has 0 saturated heterocycles. The molecule has 0 amide bonds. The van der Waals surface area contributed by atoms with E-state index in [0.717, 1.165) is 12.8 Å². The standard InChI is InChI=1S/C20H26O2/c1-14(2)10-12-17-15(3)11-13-18(20(21)22-4)19(17)16-8-6-5-7-9-16/h5-11,17-19H,12-13H2,1-4H3/t17-,18-,19-/m0/s1. The lowest BCUT2D eigenvalue weighted by atomic mass is 9.68. The number of methoxy groups -OCH3 is 1. The Morgan fingerprint density at radius 1 is 1.27 bits per heavy atom. The highest BCUT2D eigenvalue weighted by atomic mass is 16.5. The first-order valence-corrected chi connectivity index (χ1v) is 7.97. The van der Waals surface area contributed by atoms with Crippen LogP contribution in [0.25, 0.3) is 0 Å². The van der Waals surface area contributed by atoms with E-state index in [1.165, 1.54) is 23.8 Å². The van der Waals surface area contributed by atoms with E-state index >= 15 is 0 Å². The molecule has 1 aromatic carbocycles. The molecule has 3 atom stereocenters. The Bertz CT molecular complexity index is 565. The van der Waals surface area contributed by atoms with Crippen LogP contribution < -0.4 is 0 Å². The summed E-state index contributed by atoms with van der Waals surface area (Å²) in [6.45, 7) is 6.43. The van der Waals surface area contributed by atoms with Crippen LogP contribution in [0, 0.1) is 11.8 Å². The Hall–Kier alpha value is -1.83. The number of rotatable bonds is 4. The monoisotopic (exact) mass is 298 g/mol. The number of hydrogen-bond donors (Lipinski definition) is 0. The van der Waals surface area contributed by atoms with Crippen LogP contribution in [0.5, 0.6) is 0 Å². The van der Waals surface area contributed by atoms with Gasteiger partial charge in [0.15, 0.2) is 0 Å². The summed E-state index contributed by atoms with van der Waals surface area (Å²) in [6.07, 6.45) is 6.23. The van der Waals surface area contributed by atoms with Crippen molar-refractivity contribution in [2.24, 2.45) is 11.8 Å². The second kappa shape index (κ2) is 7.44. The van der Waals surface area contributed by atoms with Crippen LogP contribution in [0.3, 0.4) is 0 Å². The number of benzene rings is 1. The number of carbonyl (C=O) groups excluding carboxylic acids is 1. The molecule has 0 N–H and O–H groups in total. The van der Waals surface area contributed by atoms with E-state index in [1.54, 1.807) is 0 Å². The first kappa shape index (κ1) is 16.5. The SMILES string of the molecule is COC(=O)[C@H]1CC=C(C)[C@H](CC=C(C)C)[C@@H]1c1ccccc1. The van der Waals surface area contributed by atoms with Crippen molar-refractivity contribution < 1.29 is 9.53 Å². The van der Waals surface area contributed by atoms with Gasteiger partial charge >= 0.3 is 5.97 Å². The summed E-state index contributed by atoms with van der Waals surface area (Å²) in [7, 11) is 1.49. The Kier molecular flexibility index (Phi) is 5.59. The zero-order valence-corrected chi connectivity index (χ0v) is 14.0. The maximum Gasteiger partial charge on any atom is 0.309 e. The summed E-state index contributed by atoms with van der Waals surface area (Å²) in [5.74, 6) is 0.357. The van der Waals surface area contributed by atoms with Gasteiger partial charge in [-0.15, -0.1) is 0 Å². The highest BCUT2D eigenvalue weighted by Gasteiger charge is 2.38. The molecule has 2 heteroatoms. The van der Waals surface area contributed by atoms with Crippen molar-refractivity contribution in [1.29, 1.82) is 0 Å². The average molecular weight is 298 g/mol. The Morgan fingerprint density at radius 3 is 2.55 bits per heavy atom. The highest BCUT2D eigenvalue weighted by molar-refractivity contribution is 5.74. The van der Waals surface area contributed by atoms with E-state index in [4.69, 9.17) is 4.74 Å². The third-order valence-corrected chi connectivity index (χ3v) is 4.61. The van der Waals surface area contributed by atoms with Crippen molar-refractivity contribution in [3.05, 3.63) is 59.2 Å². The van der Waals surface area contributed by atoms with Crippen LogP contribution in [-0.4, -0.2) is 13.1 Å². The fraction of sp³-hybridized carbons (Fsp3) is 0.450. The van der Waals surface area contributed by atoms with Crippen molar-refractivity contribution >= 4 is 5.97 Å². The van der Waals surface area contributed by atoms with Gasteiger partial charge < -0.3 is 4.74 Å². The summed E-state index contributed by atoms with van der Waals surface area (Å²) in [5.41, 5.74) is 3.93. The third kappa shape index (κ3) is 3.68. The Morgan fingerprint density at radius 2 is 1.95 bits per heavy atom. The molecule has 1 aliphatic rings. The molecule has 2 nitrogen and oxygen atoms in total. The number of carbonyl (C=O) groups is 1. The van der Waals surface area contributed by atoms with Gasteiger partial charge in [-0.25, -0.2) is 0 Å². The lowest BCUT2D eigenvalue weighted by molar-refractivity contribution is -0.146. The van der Waals surface area contributed by atoms with E-state index in [2.05, 4.69) is 57.2 Å². The minimum absolute atomic E-state index is 0.0911. The third-order valence-electron chi connectivity index (χ3n) is 4.61. The Labute approximate surface area is 133 Å². The average Bonchev–Trinajstić information content (AvgIpc) is 2.53. The van der Waals surface area contributed by atoms with Gasteiger partial charge in [-0.05, 0) is 45.1 Å². The summed E-state index contributed by atoms with van der Waals surface area (Å²) >= 11 is 0. The van der Waals surface area contributed by atoms with Crippen molar-refractivity contribution in [2.75, 3.05) is 7.11 Å². The fourth-order valence-corrected chi connectivity index (χ4v) is 3.40. The number of allylic oxidation sites excluding steroid dienone is 4. The zero-order valence-electron chi connectivity index (χ0n) is 14.0. The fourth-order valence-electron chi connectivity index (χ4n) is 3.40. The molecule has 0 fully saturated rings. The van der Waals surface area contributed by atoms with E-state index in [1.807, 2.05) is 6.07 Å². The maximum absolute atomic E-state index is 12.3. The van der Waals surface area contributed by atoms with E-state index in [9.17, 15) is 4.79 Å². The largest absolute Gasteiger partial charge is 0.469 e. The van der Waals surface area contributed by atoms with Crippen LogP contribution in [-0.2, 0) is 9.53 Å². The van der Waals surface area contributed by atoms with E-state index in [0.29, 0.717) is 5.92 Å². The zero-order chi connectivity index (χ0) is 16.1. The van der Waals surface area contributed by atoms with Crippen LogP contribution in [0.2, 0.25) is 0 Å². The van der Waals surface area contributed by atoms with Crippen molar-refractivity contribution in [1.82, 2.24) is 0 Å². The molecule has 0 spiro atoms. The first-order valence-electron chi connectivity index (χ1n) is 7.97. The number of esters is 1. The molecule has 0 aliphatic heterocycles. The van der Waals surface area contributed by atoms with Crippen LogP contribution in [0.15, 0.2) is 53.6 Å². The molecular weight excluding hydrogens is 272 g/mol. The minimum Gasteiger partial charge on any atom is -0.469 e. The predicted octanol–water partition coefficient (Wildman–Crippen LogP) is 4.88. The molecule has 0 bridgehead atoms. The summed E-state index contributed by atoms with van der Waals surface area (Å²) in [5, 5.41) is 0. The second-order valence-electron chi connectivity index (χ2n) is 6.37. The van der Waals surface area contributed by atoms with Gasteiger partial charge in [-0.2, -0.15) is 0 Å². The lowest BCUT2D eigenvalue weighted by Gasteiger charge is -2.36. The normalized spacial score (nSPS) is 24.4. The van der Waals surface area contributed by atoms with Crippen LogP contribution in [0.1, 0.15) is 45.1 Å². The van der Waals surface area contributed by atoms with Gasteiger partial charge in [0.1, 0.15) is 0 Å². The van der Waals surface area contributed by atoms with Crippen molar-refractivity contribution in [2.45, 2.75) is 39.5 Å². The van der Waals surface area contributed by atoms with Crippen molar-refractivity contribution in [3.63, 3.8) is 0 Å². The minimum atomic E-state index is -0.0974. The van der Waals surface area contributed by atoms with Crippen LogP contribution in [0.4, 0.5) is 0 Å². The van der Waals surface area contributed by atoms with E-state index < -0.39 is 0 Å². The molecule has 0 saturated carbocycles. The first-order chi connectivity index (χ1) is 10.5. The van der Waals surface area contributed by atoms with E-state index in [-0.39, 0.29) is 17.8 Å². The highest BCUT2D eigenvalue weighted by Crippen LogP contribution is 2.44. The van der Waals surface area contributed by atoms with Gasteiger partial charge in [0.25, 0.3) is 0 Å². The smallest absolute Gasteiger partial charge is 0.309 e. The molecule has 22 heavy (non-hydrogen) atoms. The van der Waals surface area contributed by atoms with Gasteiger partial charge in [-0.1, -0.05) is 53.6 Å². The molecular formula is C20H26O2. The van der Waals surface area contributed by atoms with Gasteiger partial charge in [-0.3, -0.25) is 4.79 Å². The summed E-state index contributed by atoms with van der Waals surface area (Å²) in [4.78, 5) is 12.3. The molecule has 1 aliphatic carbocycles. The Balaban J connectivity index is 2.42. The van der Waals surface area contributed by atoms with Crippen molar-refractivity contribution in [3.8, 4) is 0 Å². The maximum atomic E-state index is 12.3.